The Hall–Kier alpha value is -7.69. The lowest BCUT2D eigenvalue weighted by Gasteiger charge is -2.27. The number of fused-ring (bicyclic) bond motifs is 6. The largest absolute Gasteiger partial charge is 0.435 e. The van der Waals surface area contributed by atoms with Gasteiger partial charge in [-0.2, -0.15) is 0 Å². The quantitative estimate of drug-likeness (QED) is 0.164. The summed E-state index contributed by atoms with van der Waals surface area (Å²) in [4.78, 5) is 7.50. The third kappa shape index (κ3) is 5.58. The molecule has 9 aromatic carbocycles. The van der Waals surface area contributed by atoms with E-state index in [1.165, 1.54) is 27.4 Å². The van der Waals surface area contributed by atoms with Crippen LogP contribution < -0.4 is 4.90 Å². The SMILES string of the molecule is c1ccc(-c2ccc(N(c3ccc(-c4cc5ccccc5c5oc(-c6ccccc6)nc45)cc3)c3cccc4c3c3ccccc3n4-c3ccccc3)cc2)cc1. The van der Waals surface area contributed by atoms with E-state index in [0.717, 1.165) is 66.8 Å². The first-order valence-corrected chi connectivity index (χ1v) is 19.3. The van der Waals surface area contributed by atoms with E-state index in [1.54, 1.807) is 0 Å². The molecule has 11 aromatic rings. The number of para-hydroxylation sites is 2. The Morgan fingerprint density at radius 2 is 1.00 bits per heavy atom. The van der Waals surface area contributed by atoms with Gasteiger partial charge in [0.2, 0.25) is 5.89 Å². The molecule has 0 aliphatic rings. The minimum absolute atomic E-state index is 0.618. The molecule has 0 N–H and O–H groups in total. The fourth-order valence-electron chi connectivity index (χ4n) is 8.36. The fraction of sp³-hybridized carbons (Fsp3) is 0. The molecule has 57 heavy (non-hydrogen) atoms. The summed E-state index contributed by atoms with van der Waals surface area (Å²) in [6, 6.07) is 75.1. The van der Waals surface area contributed by atoms with Gasteiger partial charge in [-0.25, -0.2) is 4.98 Å². The molecular formula is C53H35N3O. The Labute approximate surface area is 330 Å². The van der Waals surface area contributed by atoms with Crippen molar-refractivity contribution in [3.63, 3.8) is 0 Å². The van der Waals surface area contributed by atoms with Gasteiger partial charge in [-0.15, -0.1) is 0 Å². The lowest BCUT2D eigenvalue weighted by atomic mass is 9.98. The van der Waals surface area contributed by atoms with E-state index in [1.807, 2.05) is 30.3 Å². The van der Waals surface area contributed by atoms with Crippen LogP contribution in [0.1, 0.15) is 0 Å². The van der Waals surface area contributed by atoms with E-state index in [0.29, 0.717) is 5.89 Å². The molecule has 0 aliphatic carbocycles. The highest BCUT2D eigenvalue weighted by Gasteiger charge is 2.22. The summed E-state index contributed by atoms with van der Waals surface area (Å²) in [5.74, 6) is 0.618. The minimum Gasteiger partial charge on any atom is -0.435 e. The minimum atomic E-state index is 0.618. The van der Waals surface area contributed by atoms with Gasteiger partial charge in [0.25, 0.3) is 0 Å². The molecule has 268 valence electrons. The van der Waals surface area contributed by atoms with Crippen molar-refractivity contribution in [2.45, 2.75) is 0 Å². The molecule has 0 amide bonds. The zero-order valence-corrected chi connectivity index (χ0v) is 31.0. The predicted octanol–water partition coefficient (Wildman–Crippen LogP) is 14.5. The van der Waals surface area contributed by atoms with E-state index < -0.39 is 0 Å². The summed E-state index contributed by atoms with van der Waals surface area (Å²) in [6.45, 7) is 0. The summed E-state index contributed by atoms with van der Waals surface area (Å²) in [5.41, 5.74) is 13.8. The highest BCUT2D eigenvalue weighted by Crippen LogP contribution is 2.45. The number of rotatable bonds is 7. The number of oxazole rings is 1. The molecule has 0 bridgehead atoms. The van der Waals surface area contributed by atoms with Crippen LogP contribution >= 0.6 is 0 Å². The Morgan fingerprint density at radius 1 is 0.439 bits per heavy atom. The van der Waals surface area contributed by atoms with Crippen molar-refractivity contribution >= 4 is 60.7 Å². The van der Waals surface area contributed by atoms with Gasteiger partial charge in [-0.1, -0.05) is 140 Å². The van der Waals surface area contributed by atoms with Gasteiger partial charge in [0, 0.05) is 44.3 Å². The summed E-state index contributed by atoms with van der Waals surface area (Å²) in [6.07, 6.45) is 0. The Morgan fingerprint density at radius 3 is 1.72 bits per heavy atom. The number of hydrogen-bond donors (Lipinski definition) is 0. The maximum atomic E-state index is 6.54. The maximum Gasteiger partial charge on any atom is 0.227 e. The molecule has 4 heteroatoms. The molecule has 11 rings (SSSR count). The number of hydrogen-bond acceptors (Lipinski definition) is 3. The van der Waals surface area contributed by atoms with Crippen molar-refractivity contribution in [3.8, 4) is 39.4 Å². The Balaban J connectivity index is 1.10. The van der Waals surface area contributed by atoms with Crippen LogP contribution in [0.3, 0.4) is 0 Å². The predicted molar refractivity (Wildman–Crippen MR) is 237 cm³/mol. The van der Waals surface area contributed by atoms with E-state index in [4.69, 9.17) is 9.40 Å². The first kappa shape index (κ1) is 32.7. The van der Waals surface area contributed by atoms with Crippen molar-refractivity contribution in [2.75, 3.05) is 4.90 Å². The van der Waals surface area contributed by atoms with Gasteiger partial charge in [0.15, 0.2) is 5.58 Å². The molecule has 0 aliphatic heterocycles. The van der Waals surface area contributed by atoms with Crippen LogP contribution in [0.2, 0.25) is 0 Å². The van der Waals surface area contributed by atoms with Crippen LogP contribution in [-0.2, 0) is 0 Å². The number of aromatic nitrogens is 2. The molecule has 2 heterocycles. The standard InChI is InChI=1S/C53H35N3O/c1-4-15-36(16-5-1)37-27-31-42(32-28-37)55(48-25-14-26-49-50(48)45-23-12-13-24-47(45)56(49)41-20-8-3-9-21-41)43-33-29-38(30-34-43)46-35-40-19-10-11-22-44(40)52-51(46)54-53(57-52)39-17-6-2-7-18-39/h1-35H. The molecule has 2 aromatic heterocycles. The van der Waals surface area contributed by atoms with Crippen LogP contribution in [-0.4, -0.2) is 9.55 Å². The second-order valence-corrected chi connectivity index (χ2v) is 14.4. The highest BCUT2D eigenvalue weighted by atomic mass is 16.3. The Kier molecular flexibility index (Phi) is 7.78. The molecule has 0 atom stereocenters. The summed E-state index contributed by atoms with van der Waals surface area (Å²) >= 11 is 0. The number of benzene rings is 9. The second-order valence-electron chi connectivity index (χ2n) is 14.4. The third-order valence-electron chi connectivity index (χ3n) is 11.0. The number of nitrogens with zero attached hydrogens (tertiary/aromatic N) is 3. The Bertz CT molecular complexity index is 3200. The molecule has 0 unspecified atom stereocenters. The van der Waals surface area contributed by atoms with Crippen LogP contribution in [0.5, 0.6) is 0 Å². The second kappa shape index (κ2) is 13.6. The van der Waals surface area contributed by atoms with Crippen molar-refractivity contribution in [2.24, 2.45) is 0 Å². The maximum absolute atomic E-state index is 6.54. The monoisotopic (exact) mass is 729 g/mol. The van der Waals surface area contributed by atoms with Gasteiger partial charge >= 0.3 is 0 Å². The van der Waals surface area contributed by atoms with Gasteiger partial charge in [-0.3, -0.25) is 0 Å². The van der Waals surface area contributed by atoms with Crippen molar-refractivity contribution in [1.82, 2.24) is 9.55 Å². The van der Waals surface area contributed by atoms with Crippen molar-refractivity contribution in [3.05, 3.63) is 212 Å². The zero-order valence-electron chi connectivity index (χ0n) is 31.0. The first-order valence-electron chi connectivity index (χ1n) is 19.3. The molecule has 0 spiro atoms. The molecule has 0 saturated heterocycles. The van der Waals surface area contributed by atoms with E-state index in [9.17, 15) is 0 Å². The van der Waals surface area contributed by atoms with Crippen LogP contribution in [0.4, 0.5) is 17.1 Å². The lowest BCUT2D eigenvalue weighted by molar-refractivity contribution is 0.623. The average Bonchev–Trinajstić information content (AvgIpc) is 3.89. The van der Waals surface area contributed by atoms with Crippen LogP contribution in [0.25, 0.3) is 83.1 Å². The van der Waals surface area contributed by atoms with Crippen LogP contribution in [0, 0.1) is 0 Å². The van der Waals surface area contributed by atoms with Gasteiger partial charge in [0.1, 0.15) is 5.52 Å². The third-order valence-corrected chi connectivity index (χ3v) is 11.0. The normalized spacial score (nSPS) is 11.5. The van der Waals surface area contributed by atoms with E-state index >= 15 is 0 Å². The molecule has 0 saturated carbocycles. The number of anilines is 3. The molecule has 4 nitrogen and oxygen atoms in total. The average molecular weight is 730 g/mol. The summed E-state index contributed by atoms with van der Waals surface area (Å²) in [7, 11) is 0. The smallest absolute Gasteiger partial charge is 0.227 e. The molecule has 0 fully saturated rings. The lowest BCUT2D eigenvalue weighted by Crippen LogP contribution is -2.10. The van der Waals surface area contributed by atoms with E-state index in [2.05, 4.69) is 191 Å². The fourth-order valence-corrected chi connectivity index (χ4v) is 8.36. The first-order chi connectivity index (χ1) is 28.3. The zero-order chi connectivity index (χ0) is 37.7. The van der Waals surface area contributed by atoms with Crippen molar-refractivity contribution in [1.29, 1.82) is 0 Å². The molecular weight excluding hydrogens is 695 g/mol. The van der Waals surface area contributed by atoms with Gasteiger partial charge < -0.3 is 13.9 Å². The summed E-state index contributed by atoms with van der Waals surface area (Å²) < 4.78 is 8.91. The van der Waals surface area contributed by atoms with Crippen LogP contribution in [0.15, 0.2) is 217 Å². The highest BCUT2D eigenvalue weighted by molar-refractivity contribution is 6.17. The topological polar surface area (TPSA) is 34.2 Å². The van der Waals surface area contributed by atoms with Gasteiger partial charge in [0.05, 0.1) is 16.7 Å². The molecule has 0 radical (unpaired) electrons. The van der Waals surface area contributed by atoms with Gasteiger partial charge in [-0.05, 0) is 94.9 Å². The summed E-state index contributed by atoms with van der Waals surface area (Å²) in [5, 5.41) is 4.56. The van der Waals surface area contributed by atoms with E-state index in [-0.39, 0.29) is 0 Å². The van der Waals surface area contributed by atoms with Crippen molar-refractivity contribution < 1.29 is 4.42 Å².